The summed E-state index contributed by atoms with van der Waals surface area (Å²) in [7, 11) is 0. The van der Waals surface area contributed by atoms with Crippen molar-refractivity contribution in [2.75, 3.05) is 0 Å². The van der Waals surface area contributed by atoms with Crippen molar-refractivity contribution < 1.29 is 9.52 Å². The minimum absolute atomic E-state index is 0.413. The normalized spacial score (nSPS) is 13.0. The van der Waals surface area contributed by atoms with Crippen molar-refractivity contribution >= 4 is 11.3 Å². The highest BCUT2D eigenvalue weighted by Crippen LogP contribution is 2.20. The summed E-state index contributed by atoms with van der Waals surface area (Å²) in [5.41, 5.74) is 2.00. The molecule has 1 N–H and O–H groups in total. The number of furan rings is 1. The molecule has 0 saturated carbocycles. The molecule has 0 bridgehead atoms. The molecule has 1 unspecified atom stereocenters. The molecule has 0 aliphatic heterocycles. The number of hydrogen-bond donors (Lipinski definition) is 1. The molecule has 2 heterocycles. The lowest BCUT2D eigenvalue weighted by Crippen LogP contribution is -1.98. The minimum Gasteiger partial charge on any atom is -0.472 e. The van der Waals surface area contributed by atoms with E-state index in [0.717, 1.165) is 11.1 Å². The van der Waals surface area contributed by atoms with Gasteiger partial charge < -0.3 is 9.52 Å². The Morgan fingerprint density at radius 1 is 1.46 bits per heavy atom. The molecule has 0 aliphatic rings. The first-order valence-corrected chi connectivity index (χ1v) is 5.02. The Morgan fingerprint density at radius 3 is 3.00 bits per heavy atom. The monoisotopic (exact) mass is 194 g/mol. The van der Waals surface area contributed by atoms with E-state index in [4.69, 9.17) is 4.42 Å². The van der Waals surface area contributed by atoms with E-state index in [1.54, 1.807) is 23.9 Å². The van der Waals surface area contributed by atoms with Gasteiger partial charge in [0.25, 0.3) is 0 Å². The summed E-state index contributed by atoms with van der Waals surface area (Å²) < 4.78 is 4.92. The van der Waals surface area contributed by atoms with Gasteiger partial charge in [-0.2, -0.15) is 11.3 Å². The molecule has 2 nitrogen and oxygen atoms in total. The number of aliphatic hydroxyl groups excluding tert-OH is 1. The van der Waals surface area contributed by atoms with Gasteiger partial charge in [-0.1, -0.05) is 0 Å². The van der Waals surface area contributed by atoms with Crippen LogP contribution in [0.25, 0.3) is 0 Å². The Bertz CT molecular complexity index is 337. The lowest BCUT2D eigenvalue weighted by atomic mass is 10.1. The number of thiophene rings is 1. The molecule has 13 heavy (non-hydrogen) atoms. The van der Waals surface area contributed by atoms with Gasteiger partial charge in [0.15, 0.2) is 0 Å². The van der Waals surface area contributed by atoms with E-state index in [1.807, 2.05) is 22.9 Å². The average Bonchev–Trinajstić information content (AvgIpc) is 2.74. The number of hydrogen-bond acceptors (Lipinski definition) is 3. The molecule has 0 amide bonds. The van der Waals surface area contributed by atoms with Crippen molar-refractivity contribution in [1.82, 2.24) is 0 Å². The molecule has 0 radical (unpaired) electrons. The zero-order valence-corrected chi connectivity index (χ0v) is 7.83. The molecule has 0 saturated heterocycles. The van der Waals surface area contributed by atoms with Crippen molar-refractivity contribution in [2.45, 2.75) is 12.5 Å². The smallest absolute Gasteiger partial charge is 0.0935 e. The standard InChI is InChI=1S/C10H10O2S/c11-10(9-2-4-13-7-9)5-8-1-3-12-6-8/h1-4,6-7,10-11H,5H2. The van der Waals surface area contributed by atoms with Gasteiger partial charge >= 0.3 is 0 Å². The second-order valence-electron chi connectivity index (χ2n) is 2.91. The fourth-order valence-electron chi connectivity index (χ4n) is 1.21. The molecule has 68 valence electrons. The molecular weight excluding hydrogens is 184 g/mol. The van der Waals surface area contributed by atoms with E-state index in [0.29, 0.717) is 6.42 Å². The van der Waals surface area contributed by atoms with Crippen LogP contribution in [0.15, 0.2) is 39.8 Å². The van der Waals surface area contributed by atoms with Gasteiger partial charge in [-0.3, -0.25) is 0 Å². The predicted octanol–water partition coefficient (Wildman–Crippen LogP) is 2.62. The Hall–Kier alpha value is -1.06. The van der Waals surface area contributed by atoms with Crippen LogP contribution >= 0.6 is 11.3 Å². The molecule has 0 spiro atoms. The van der Waals surface area contributed by atoms with Crippen LogP contribution in [0.2, 0.25) is 0 Å². The molecule has 0 aromatic carbocycles. The molecule has 3 heteroatoms. The van der Waals surface area contributed by atoms with Crippen LogP contribution in [0, 0.1) is 0 Å². The first-order chi connectivity index (χ1) is 6.36. The molecule has 2 aromatic rings. The first kappa shape index (κ1) is 8.53. The van der Waals surface area contributed by atoms with Crippen molar-refractivity contribution in [2.24, 2.45) is 0 Å². The summed E-state index contributed by atoms with van der Waals surface area (Å²) in [6.07, 6.45) is 3.49. The van der Waals surface area contributed by atoms with Crippen molar-refractivity contribution in [3.8, 4) is 0 Å². The summed E-state index contributed by atoms with van der Waals surface area (Å²) >= 11 is 1.60. The number of rotatable bonds is 3. The van der Waals surface area contributed by atoms with Gasteiger partial charge in [0.2, 0.25) is 0 Å². The van der Waals surface area contributed by atoms with E-state index in [9.17, 15) is 5.11 Å². The highest BCUT2D eigenvalue weighted by Gasteiger charge is 2.08. The second-order valence-corrected chi connectivity index (χ2v) is 3.69. The third-order valence-corrected chi connectivity index (χ3v) is 2.64. The van der Waals surface area contributed by atoms with Gasteiger partial charge in [-0.15, -0.1) is 0 Å². The third-order valence-electron chi connectivity index (χ3n) is 1.94. The van der Waals surface area contributed by atoms with Gasteiger partial charge in [-0.05, 0) is 34.0 Å². The summed E-state index contributed by atoms with van der Waals surface area (Å²) in [6.45, 7) is 0. The van der Waals surface area contributed by atoms with Crippen LogP contribution in [0.1, 0.15) is 17.2 Å². The topological polar surface area (TPSA) is 33.4 Å². The molecule has 1 atom stereocenters. The zero-order valence-electron chi connectivity index (χ0n) is 7.01. The Balaban J connectivity index is 2.04. The fourth-order valence-corrected chi connectivity index (χ4v) is 1.92. The van der Waals surface area contributed by atoms with Gasteiger partial charge in [0, 0.05) is 6.42 Å². The van der Waals surface area contributed by atoms with Crippen LogP contribution in [0.5, 0.6) is 0 Å². The summed E-state index contributed by atoms with van der Waals surface area (Å²) in [5.74, 6) is 0. The average molecular weight is 194 g/mol. The maximum absolute atomic E-state index is 9.75. The summed E-state index contributed by atoms with van der Waals surface area (Å²) in [6, 6.07) is 3.81. The highest BCUT2D eigenvalue weighted by atomic mass is 32.1. The maximum Gasteiger partial charge on any atom is 0.0935 e. The quantitative estimate of drug-likeness (QED) is 0.814. The molecular formula is C10H10O2S. The molecule has 0 aliphatic carbocycles. The first-order valence-electron chi connectivity index (χ1n) is 4.07. The van der Waals surface area contributed by atoms with E-state index in [2.05, 4.69) is 0 Å². The number of aliphatic hydroxyl groups is 1. The Labute approximate surface area is 80.4 Å². The zero-order chi connectivity index (χ0) is 9.10. The predicted molar refractivity (Wildman–Crippen MR) is 51.7 cm³/mol. The van der Waals surface area contributed by atoms with Crippen LogP contribution in [-0.4, -0.2) is 5.11 Å². The van der Waals surface area contributed by atoms with Gasteiger partial charge in [0.05, 0.1) is 18.6 Å². The van der Waals surface area contributed by atoms with Crippen LogP contribution in [0.3, 0.4) is 0 Å². The van der Waals surface area contributed by atoms with Gasteiger partial charge in [-0.25, -0.2) is 0 Å². The van der Waals surface area contributed by atoms with Crippen molar-refractivity contribution in [3.63, 3.8) is 0 Å². The molecule has 2 rings (SSSR count). The van der Waals surface area contributed by atoms with Crippen LogP contribution in [-0.2, 0) is 6.42 Å². The summed E-state index contributed by atoms with van der Waals surface area (Å²) in [5, 5.41) is 13.7. The summed E-state index contributed by atoms with van der Waals surface area (Å²) in [4.78, 5) is 0. The van der Waals surface area contributed by atoms with E-state index in [1.165, 1.54) is 0 Å². The largest absolute Gasteiger partial charge is 0.472 e. The van der Waals surface area contributed by atoms with E-state index in [-0.39, 0.29) is 0 Å². The van der Waals surface area contributed by atoms with E-state index < -0.39 is 6.10 Å². The Morgan fingerprint density at radius 2 is 2.38 bits per heavy atom. The SMILES string of the molecule is OC(Cc1ccoc1)c1ccsc1. The molecule has 0 fully saturated rings. The third kappa shape index (κ3) is 1.99. The maximum atomic E-state index is 9.75. The fraction of sp³-hybridized carbons (Fsp3) is 0.200. The van der Waals surface area contributed by atoms with Gasteiger partial charge in [0.1, 0.15) is 0 Å². The van der Waals surface area contributed by atoms with Crippen molar-refractivity contribution in [3.05, 3.63) is 46.5 Å². The van der Waals surface area contributed by atoms with Crippen LogP contribution in [0.4, 0.5) is 0 Å². The Kier molecular flexibility index (Phi) is 2.47. The van der Waals surface area contributed by atoms with Crippen molar-refractivity contribution in [1.29, 1.82) is 0 Å². The molecule has 2 aromatic heterocycles. The lowest BCUT2D eigenvalue weighted by molar-refractivity contribution is 0.178. The minimum atomic E-state index is -0.413. The second kappa shape index (κ2) is 3.77. The van der Waals surface area contributed by atoms with Crippen LogP contribution < -0.4 is 0 Å². The van der Waals surface area contributed by atoms with E-state index >= 15 is 0 Å². The highest BCUT2D eigenvalue weighted by molar-refractivity contribution is 7.07. The lowest BCUT2D eigenvalue weighted by Gasteiger charge is -2.05.